The maximum atomic E-state index is 14.9. The number of hydrogen-bond acceptors (Lipinski definition) is 7. The summed E-state index contributed by atoms with van der Waals surface area (Å²) in [6, 6.07) is 11.4. The lowest BCUT2D eigenvalue weighted by Crippen LogP contribution is -2.49. The lowest BCUT2D eigenvalue weighted by Gasteiger charge is -2.25. The zero-order valence-corrected chi connectivity index (χ0v) is 19.4. The van der Waals surface area contributed by atoms with Crippen LogP contribution in [0.4, 0.5) is 10.1 Å². The highest BCUT2D eigenvalue weighted by Crippen LogP contribution is 2.27. The van der Waals surface area contributed by atoms with Gasteiger partial charge < -0.3 is 30.8 Å². The molecule has 4 N–H and O–H groups in total. The predicted octanol–water partition coefficient (Wildman–Crippen LogP) is 2.48. The molecular formula is C25H30FN5O3. The molecule has 1 heterocycles. The van der Waals surface area contributed by atoms with Crippen LogP contribution in [-0.2, 0) is 20.7 Å². The van der Waals surface area contributed by atoms with Crippen molar-refractivity contribution in [3.63, 3.8) is 0 Å². The van der Waals surface area contributed by atoms with Crippen molar-refractivity contribution in [1.82, 2.24) is 10.6 Å². The number of rotatable bonds is 8. The molecule has 1 saturated heterocycles. The van der Waals surface area contributed by atoms with Gasteiger partial charge in [-0.3, -0.25) is 4.79 Å². The van der Waals surface area contributed by atoms with E-state index in [1.165, 1.54) is 12.3 Å². The number of ether oxygens (including phenoxy) is 2. The van der Waals surface area contributed by atoms with Gasteiger partial charge in [-0.15, -0.1) is 0 Å². The van der Waals surface area contributed by atoms with E-state index in [0.29, 0.717) is 30.8 Å². The molecule has 0 spiro atoms. The number of nitrogens with zero attached hydrogens (tertiary/aromatic N) is 1. The molecule has 1 aliphatic heterocycles. The largest absolute Gasteiger partial charge is 0.388 e. The zero-order chi connectivity index (χ0) is 24.5. The Bertz CT molecular complexity index is 1060. The van der Waals surface area contributed by atoms with Gasteiger partial charge in [0.25, 0.3) is 5.91 Å². The molecule has 0 unspecified atom stereocenters. The summed E-state index contributed by atoms with van der Waals surface area (Å²) in [6.45, 7) is 1.32. The molecule has 1 amide bonds. The van der Waals surface area contributed by atoms with Crippen LogP contribution < -0.4 is 16.0 Å². The van der Waals surface area contributed by atoms with Gasteiger partial charge in [-0.05, 0) is 41.8 Å². The molecular weight excluding hydrogens is 437 g/mol. The number of anilines is 1. The second-order valence-electron chi connectivity index (χ2n) is 8.07. The Labute approximate surface area is 199 Å². The molecule has 0 bridgehead atoms. The van der Waals surface area contributed by atoms with Crippen LogP contribution in [0.25, 0.3) is 11.1 Å². The molecule has 0 saturated carbocycles. The number of nitrogens with one attached hydrogen (secondary N) is 4. The SMILES string of the molecule is CNc1cc(-c2ccc(C[C@@H](C#N)NC(=O)[C@@H]3CNCC[C@@H](OC)CO3)c(F)c2)ccc1C=N. The van der Waals surface area contributed by atoms with Crippen molar-refractivity contribution >= 4 is 17.8 Å². The van der Waals surface area contributed by atoms with Crippen LogP contribution in [0.3, 0.4) is 0 Å². The highest BCUT2D eigenvalue weighted by atomic mass is 19.1. The van der Waals surface area contributed by atoms with E-state index in [1.54, 1.807) is 32.4 Å². The average molecular weight is 468 g/mol. The van der Waals surface area contributed by atoms with E-state index in [4.69, 9.17) is 14.9 Å². The van der Waals surface area contributed by atoms with E-state index >= 15 is 0 Å². The number of nitriles is 1. The summed E-state index contributed by atoms with van der Waals surface area (Å²) in [5.41, 5.74) is 3.31. The number of amides is 1. The van der Waals surface area contributed by atoms with Gasteiger partial charge in [0.15, 0.2) is 0 Å². The fraction of sp³-hybridized carbons (Fsp3) is 0.400. The molecule has 0 aromatic heterocycles. The Morgan fingerprint density at radius 2 is 2.15 bits per heavy atom. The first-order valence-corrected chi connectivity index (χ1v) is 11.1. The van der Waals surface area contributed by atoms with Gasteiger partial charge in [-0.1, -0.05) is 24.3 Å². The van der Waals surface area contributed by atoms with Gasteiger partial charge in [-0.25, -0.2) is 4.39 Å². The minimum atomic E-state index is -0.900. The topological polar surface area (TPSA) is 119 Å². The van der Waals surface area contributed by atoms with Crippen molar-refractivity contribution in [3.8, 4) is 17.2 Å². The molecule has 9 heteroatoms. The van der Waals surface area contributed by atoms with Crippen molar-refractivity contribution in [1.29, 1.82) is 10.7 Å². The minimum Gasteiger partial charge on any atom is -0.388 e. The van der Waals surface area contributed by atoms with Crippen molar-refractivity contribution in [2.75, 3.05) is 39.2 Å². The Kier molecular flexibility index (Phi) is 9.10. The third-order valence-corrected chi connectivity index (χ3v) is 5.84. The van der Waals surface area contributed by atoms with Crippen molar-refractivity contribution < 1.29 is 18.7 Å². The number of benzene rings is 2. The number of methoxy groups -OCH3 is 1. The average Bonchev–Trinajstić information content (AvgIpc) is 2.84. The van der Waals surface area contributed by atoms with Crippen LogP contribution in [0.5, 0.6) is 0 Å². The second-order valence-corrected chi connectivity index (χ2v) is 8.07. The second kappa shape index (κ2) is 12.2. The van der Waals surface area contributed by atoms with E-state index in [9.17, 15) is 14.4 Å². The molecule has 3 rings (SSSR count). The molecule has 2 aromatic rings. The van der Waals surface area contributed by atoms with Gasteiger partial charge in [0.05, 0.1) is 18.8 Å². The molecule has 3 atom stereocenters. The van der Waals surface area contributed by atoms with Gasteiger partial charge >= 0.3 is 0 Å². The predicted molar refractivity (Wildman–Crippen MR) is 129 cm³/mol. The van der Waals surface area contributed by atoms with Crippen LogP contribution in [0.15, 0.2) is 36.4 Å². The van der Waals surface area contributed by atoms with Crippen LogP contribution in [0.2, 0.25) is 0 Å². The summed E-state index contributed by atoms with van der Waals surface area (Å²) in [5.74, 6) is -0.875. The van der Waals surface area contributed by atoms with E-state index in [0.717, 1.165) is 23.2 Å². The third-order valence-electron chi connectivity index (χ3n) is 5.84. The normalized spacial score (nSPS) is 19.2. The van der Waals surface area contributed by atoms with Crippen molar-refractivity contribution in [3.05, 3.63) is 53.3 Å². The van der Waals surface area contributed by atoms with Crippen molar-refractivity contribution in [2.24, 2.45) is 0 Å². The monoisotopic (exact) mass is 467 g/mol. The molecule has 8 nitrogen and oxygen atoms in total. The lowest BCUT2D eigenvalue weighted by molar-refractivity contribution is -0.136. The Morgan fingerprint density at radius 3 is 2.82 bits per heavy atom. The number of carbonyl (C=O) groups is 1. The Morgan fingerprint density at radius 1 is 1.38 bits per heavy atom. The highest BCUT2D eigenvalue weighted by molar-refractivity contribution is 5.88. The molecule has 34 heavy (non-hydrogen) atoms. The van der Waals surface area contributed by atoms with Crippen LogP contribution >= 0.6 is 0 Å². The summed E-state index contributed by atoms with van der Waals surface area (Å²) in [5, 5.41) is 25.9. The first kappa shape index (κ1) is 25.3. The molecule has 1 aliphatic rings. The summed E-state index contributed by atoms with van der Waals surface area (Å²) >= 11 is 0. The van der Waals surface area contributed by atoms with Gasteiger partial charge in [0.1, 0.15) is 18.0 Å². The molecule has 1 fully saturated rings. The highest BCUT2D eigenvalue weighted by Gasteiger charge is 2.25. The molecule has 180 valence electrons. The number of hydrogen-bond donors (Lipinski definition) is 4. The van der Waals surface area contributed by atoms with E-state index in [1.807, 2.05) is 18.2 Å². The van der Waals surface area contributed by atoms with E-state index in [2.05, 4.69) is 16.0 Å². The summed E-state index contributed by atoms with van der Waals surface area (Å²) in [7, 11) is 3.36. The number of carbonyl (C=O) groups excluding carboxylic acids is 1. The van der Waals surface area contributed by atoms with E-state index < -0.39 is 23.9 Å². The van der Waals surface area contributed by atoms with Crippen LogP contribution in [-0.4, -0.2) is 64.2 Å². The molecule has 0 aliphatic carbocycles. The fourth-order valence-electron chi connectivity index (χ4n) is 3.80. The quantitative estimate of drug-likeness (QED) is 0.443. The van der Waals surface area contributed by atoms with Gasteiger partial charge in [0.2, 0.25) is 0 Å². The molecule has 0 radical (unpaired) electrons. The minimum absolute atomic E-state index is 0.0315. The maximum absolute atomic E-state index is 14.9. The zero-order valence-electron chi connectivity index (χ0n) is 19.4. The lowest BCUT2D eigenvalue weighted by atomic mass is 9.98. The smallest absolute Gasteiger partial charge is 0.251 e. The summed E-state index contributed by atoms with van der Waals surface area (Å²) in [4.78, 5) is 12.7. The van der Waals surface area contributed by atoms with Crippen LogP contribution in [0, 0.1) is 22.6 Å². The van der Waals surface area contributed by atoms with E-state index in [-0.39, 0.29) is 12.5 Å². The third kappa shape index (κ3) is 6.38. The summed E-state index contributed by atoms with van der Waals surface area (Å²) < 4.78 is 25.9. The molecule has 2 aromatic carbocycles. The van der Waals surface area contributed by atoms with Gasteiger partial charge in [0, 0.05) is 44.6 Å². The Balaban J connectivity index is 1.67. The maximum Gasteiger partial charge on any atom is 0.251 e. The number of halogens is 1. The fourth-order valence-corrected chi connectivity index (χ4v) is 3.80. The Hall–Kier alpha value is -3.32. The first-order valence-electron chi connectivity index (χ1n) is 11.1. The first-order chi connectivity index (χ1) is 16.5. The van der Waals surface area contributed by atoms with Gasteiger partial charge in [-0.2, -0.15) is 5.26 Å². The van der Waals surface area contributed by atoms with Crippen molar-refractivity contribution in [2.45, 2.75) is 31.1 Å². The van der Waals surface area contributed by atoms with Crippen LogP contribution in [0.1, 0.15) is 17.5 Å². The standard InChI is InChI=1S/C25H30FN5O3/c1-29-23-11-17(4-6-19(23)12-27)16-3-5-18(22(26)10-16)9-20(13-28)31-25(32)24-14-30-8-7-21(33-2)15-34-24/h3-6,10-12,20-21,24,27,29-30H,7-9,14-15H2,1-2H3,(H,31,32)/t20-,21+,24-/m0/s1. The summed E-state index contributed by atoms with van der Waals surface area (Å²) in [6.07, 6.45) is 1.20.